The number of urea groups is 1. The fourth-order valence-electron chi connectivity index (χ4n) is 10.7. The Bertz CT molecular complexity index is 2490. The number of allylic oxidation sites excluding steroid dienone is 3. The molecule has 20 nitrogen and oxygen atoms in total. The summed E-state index contributed by atoms with van der Waals surface area (Å²) in [5.41, 5.74) is -3.92. The van der Waals surface area contributed by atoms with Gasteiger partial charge in [0.05, 0.1) is 42.9 Å². The lowest BCUT2D eigenvalue weighted by molar-refractivity contribution is -0.166. The Morgan fingerprint density at radius 3 is 2.41 bits per heavy atom. The summed E-state index contributed by atoms with van der Waals surface area (Å²) in [6, 6.07) is 3.55. The number of rotatable bonds is 26. The van der Waals surface area contributed by atoms with Crippen molar-refractivity contribution in [3.05, 3.63) is 71.3 Å². The number of nitrogens with one attached hydrogen (secondary N) is 4. The van der Waals surface area contributed by atoms with Crippen LogP contribution in [-0.4, -0.2) is 172 Å². The predicted molar refractivity (Wildman–Crippen MR) is 301 cm³/mol. The first-order valence-electron chi connectivity index (χ1n) is 28.7. The Hall–Kier alpha value is -5.56. The summed E-state index contributed by atoms with van der Waals surface area (Å²) >= 11 is 1.81. The van der Waals surface area contributed by atoms with Crippen molar-refractivity contribution < 1.29 is 71.5 Å². The van der Waals surface area contributed by atoms with Crippen LogP contribution in [0, 0.1) is 17.8 Å². The lowest BCUT2D eigenvalue weighted by Crippen LogP contribution is -2.49. The molecule has 0 bridgehead atoms. The largest absolute Gasteiger partial charge is 0.457 e. The maximum atomic E-state index is 14.0. The molecule has 0 spiro atoms. The molecule has 6 rings (SSSR count). The van der Waals surface area contributed by atoms with E-state index in [4.69, 9.17) is 14.2 Å². The number of alkyl carbamates (subject to hydrolysis) is 1. The van der Waals surface area contributed by atoms with Crippen LogP contribution in [0.1, 0.15) is 135 Å². The summed E-state index contributed by atoms with van der Waals surface area (Å²) in [6.45, 7) is 11.5. The van der Waals surface area contributed by atoms with Crippen LogP contribution in [0.3, 0.4) is 0 Å². The molecule has 3 fully saturated rings. The number of epoxide rings is 1. The monoisotopic (exact) mass is 1170 g/mol. The van der Waals surface area contributed by atoms with Gasteiger partial charge in [-0.15, -0.1) is 10.2 Å². The van der Waals surface area contributed by atoms with E-state index in [-0.39, 0.29) is 110 Å². The number of unbranched alkanes of at least 4 members (excludes halogenated alkanes) is 2. The average Bonchev–Trinajstić information content (AvgIpc) is 3.28. The Balaban J connectivity index is 1.02. The summed E-state index contributed by atoms with van der Waals surface area (Å²) in [5, 5.41) is 50.7. The molecule has 24 heteroatoms. The molecule has 1 aromatic carbocycles. The Morgan fingerprint density at radius 2 is 1.73 bits per heavy atom. The second kappa shape index (κ2) is 29.3. The third-order valence-corrected chi connectivity index (χ3v) is 17.8. The topological polar surface area (TPSA) is 273 Å². The van der Waals surface area contributed by atoms with Gasteiger partial charge in [-0.3, -0.25) is 19.2 Å². The summed E-state index contributed by atoms with van der Waals surface area (Å²) < 4.78 is 58.6. The number of amides is 6. The van der Waals surface area contributed by atoms with Gasteiger partial charge in [0.1, 0.15) is 17.7 Å². The number of benzene rings is 1. The number of hydrogen-bond donors (Lipinski definition) is 7. The molecular formula is C58H85F3N8O12S. The molecule has 14 atom stereocenters. The number of ether oxygens (including phenoxy) is 3. The zero-order valence-corrected chi connectivity index (χ0v) is 49.2. The van der Waals surface area contributed by atoms with Crippen molar-refractivity contribution >= 4 is 47.6 Å². The Morgan fingerprint density at radius 1 is 1.02 bits per heavy atom. The summed E-state index contributed by atoms with van der Waals surface area (Å²) in [6.07, 6.45) is 4.34. The highest BCUT2D eigenvalue weighted by molar-refractivity contribution is 8.00. The normalized spacial score (nSPS) is 28.9. The van der Waals surface area contributed by atoms with E-state index in [0.717, 1.165) is 37.1 Å². The molecule has 0 aliphatic carbocycles. The number of carbonyl (C=O) groups is 6. The number of cyclic esters (lactones) is 1. The zero-order valence-electron chi connectivity index (χ0n) is 48.4. The van der Waals surface area contributed by atoms with E-state index in [1.807, 2.05) is 57.7 Å². The van der Waals surface area contributed by atoms with Crippen molar-refractivity contribution in [3.8, 4) is 0 Å². The standard InChI is InChI=1S/C58H85F3N8O12S/c1-9-43(71)37(5)51-44(79-51)31-34(2)15-14-16-35(3)50-36(4)20-25-46(56(6,78)27-26-40(70)32-48(73)81-50)80-55(77)62-28-13-12-17-41(63-52(74)38-21-23-39(24-22-38)57(66-67-57)58(59,60)61)53(75)69(8)30-29-68(7)47(72)19-11-10-18-45-49-42(33-82-45)64-54(76)65-49/h14-16,20-25,34,36-37,40-46,49-51,70-71,78H,9-13,17-19,26-33H2,1-8H3,(H,62,77)(H,63,74)(H2,64,65,76)/b15-14+,25-20+,35-16+/t34-,36+,37-,40-,41+,42-,43+,44-,45-,46+,49-,50-,51-,56-/m1/s1. The van der Waals surface area contributed by atoms with Gasteiger partial charge in [-0.25, -0.2) is 9.59 Å². The van der Waals surface area contributed by atoms with Crippen LogP contribution < -0.4 is 21.3 Å². The average molecular weight is 1180 g/mol. The molecule has 7 N–H and O–H groups in total. The smallest absolute Gasteiger partial charge is 0.442 e. The van der Waals surface area contributed by atoms with E-state index in [0.29, 0.717) is 37.7 Å². The lowest BCUT2D eigenvalue weighted by Gasteiger charge is -2.32. The highest BCUT2D eigenvalue weighted by atomic mass is 32.2. The number of fused-ring (bicyclic) bond motifs is 1. The van der Waals surface area contributed by atoms with E-state index in [2.05, 4.69) is 38.4 Å². The van der Waals surface area contributed by atoms with E-state index in [9.17, 15) is 57.3 Å². The summed E-state index contributed by atoms with van der Waals surface area (Å²) in [7, 11) is 3.18. The van der Waals surface area contributed by atoms with Crippen molar-refractivity contribution in [3.63, 3.8) is 0 Å². The number of aliphatic hydroxyl groups is 3. The third kappa shape index (κ3) is 18.2. The number of carbonyl (C=O) groups excluding carboxylic acids is 6. The fourth-order valence-corrected chi connectivity index (χ4v) is 12.2. The fraction of sp³-hybridized carbons (Fsp3) is 0.690. The second-order valence-electron chi connectivity index (χ2n) is 23.1. The van der Waals surface area contributed by atoms with Crippen molar-refractivity contribution in [2.75, 3.05) is 39.5 Å². The van der Waals surface area contributed by atoms with E-state index < -0.39 is 77.7 Å². The minimum atomic E-state index is -4.76. The number of aliphatic hydroxyl groups excluding tert-OH is 2. The minimum absolute atomic E-state index is 0.00484. The highest BCUT2D eigenvalue weighted by Gasteiger charge is 2.65. The van der Waals surface area contributed by atoms with Gasteiger partial charge < -0.3 is 60.6 Å². The first-order chi connectivity index (χ1) is 38.7. The number of thioether (sulfide) groups is 1. The van der Waals surface area contributed by atoms with Crippen LogP contribution >= 0.6 is 11.8 Å². The van der Waals surface area contributed by atoms with Gasteiger partial charge in [-0.05, 0) is 101 Å². The molecule has 0 radical (unpaired) electrons. The summed E-state index contributed by atoms with van der Waals surface area (Å²) in [4.78, 5) is 81.9. The molecular weight excluding hydrogens is 1090 g/mol. The molecule has 0 saturated carbocycles. The third-order valence-electron chi connectivity index (χ3n) is 16.3. The van der Waals surface area contributed by atoms with Crippen molar-refractivity contribution in [2.24, 2.45) is 28.0 Å². The maximum absolute atomic E-state index is 14.0. The van der Waals surface area contributed by atoms with Crippen LogP contribution in [0.2, 0.25) is 0 Å². The quantitative estimate of drug-likeness (QED) is 0.0123. The lowest BCUT2D eigenvalue weighted by atomic mass is 9.88. The molecule has 5 aliphatic heterocycles. The maximum Gasteiger partial charge on any atom is 0.442 e. The molecule has 5 aliphatic rings. The van der Waals surface area contributed by atoms with Crippen LogP contribution in [0.15, 0.2) is 70.4 Å². The van der Waals surface area contributed by atoms with Crippen LogP contribution in [0.5, 0.6) is 0 Å². The van der Waals surface area contributed by atoms with Gasteiger partial charge in [-0.2, -0.15) is 24.9 Å². The van der Waals surface area contributed by atoms with Crippen molar-refractivity contribution in [2.45, 2.75) is 196 Å². The first-order valence-corrected chi connectivity index (χ1v) is 29.8. The highest BCUT2D eigenvalue weighted by Crippen LogP contribution is 2.52. The SMILES string of the molecule is CC[C@H](O)[C@@H](C)[C@H]1O[C@@H]1C[C@H](C)/C=C/C=C(\C)[C@H]1OC(=O)C[C@H](O)CC[C@@](C)(O)[C@@H](OC(=O)NCCCC[C@H](NC(=O)c2ccc(C3(C(F)(F)F)N=N3)cc2)C(=O)N(C)CCN(C)C(=O)CCCC[C@H]2SC[C@H]3NC(=O)N[C@H]32)/C=C/[C@@H]1C. The Labute approximate surface area is 483 Å². The number of nitrogens with zero attached hydrogens (tertiary/aromatic N) is 4. The number of esters is 1. The van der Waals surface area contributed by atoms with Crippen LogP contribution in [0.25, 0.3) is 0 Å². The molecule has 456 valence electrons. The molecule has 5 heterocycles. The van der Waals surface area contributed by atoms with Gasteiger partial charge in [-0.1, -0.05) is 70.6 Å². The molecule has 82 heavy (non-hydrogen) atoms. The minimum Gasteiger partial charge on any atom is -0.457 e. The number of halogens is 3. The molecule has 1 aromatic rings. The van der Waals surface area contributed by atoms with Gasteiger partial charge in [0.15, 0.2) is 6.10 Å². The predicted octanol–water partition coefficient (Wildman–Crippen LogP) is 6.98. The van der Waals surface area contributed by atoms with E-state index in [1.165, 1.54) is 42.0 Å². The number of hydrogen-bond acceptors (Lipinski definition) is 15. The Kier molecular flexibility index (Phi) is 23.4. The van der Waals surface area contributed by atoms with Crippen LogP contribution in [-0.2, 0) is 34.3 Å². The number of likely N-dealkylation sites (N-methyl/N-ethyl adjacent to an activating group) is 2. The molecule has 6 amide bonds. The van der Waals surface area contributed by atoms with Gasteiger partial charge >= 0.3 is 29.9 Å². The van der Waals surface area contributed by atoms with Gasteiger partial charge in [0.25, 0.3) is 5.91 Å². The number of alkyl halides is 3. The van der Waals surface area contributed by atoms with Crippen molar-refractivity contribution in [1.29, 1.82) is 0 Å². The summed E-state index contributed by atoms with van der Waals surface area (Å²) in [5.74, 6) is -1.33. The van der Waals surface area contributed by atoms with Crippen LogP contribution in [0.4, 0.5) is 22.8 Å². The van der Waals surface area contributed by atoms with E-state index in [1.54, 1.807) is 13.1 Å². The molecule has 0 unspecified atom stereocenters. The van der Waals surface area contributed by atoms with Crippen molar-refractivity contribution in [1.82, 2.24) is 31.1 Å². The first kappa shape index (κ1) is 65.6. The molecule has 3 saturated heterocycles. The zero-order chi connectivity index (χ0) is 60.1. The van der Waals surface area contributed by atoms with Gasteiger partial charge in [0, 0.05) is 74.1 Å². The molecule has 0 aromatic heterocycles. The van der Waals surface area contributed by atoms with E-state index >= 15 is 0 Å². The second-order valence-corrected chi connectivity index (χ2v) is 24.3. The van der Waals surface area contributed by atoms with Gasteiger partial charge in [0.2, 0.25) is 11.8 Å².